The lowest BCUT2D eigenvalue weighted by molar-refractivity contribution is -0.164. The third kappa shape index (κ3) is 8.93. The van der Waals surface area contributed by atoms with Crippen molar-refractivity contribution in [3.05, 3.63) is 77.2 Å². The molecule has 16 heteroatoms. The molecule has 8 rings (SSSR count). The molecule has 0 spiro atoms. The molecule has 3 fully saturated rings. The molecule has 2 saturated carbocycles. The van der Waals surface area contributed by atoms with E-state index >= 15 is 0 Å². The number of piperidine rings is 1. The van der Waals surface area contributed by atoms with Gasteiger partial charge in [-0.05, 0) is 68.5 Å². The lowest BCUT2D eigenvalue weighted by atomic mass is 9.49. The van der Waals surface area contributed by atoms with Crippen molar-refractivity contribution < 1.29 is 23.8 Å². The molecule has 0 radical (unpaired) electrons. The molecule has 4 heterocycles. The third-order valence-electron chi connectivity index (χ3n) is 13.3. The lowest BCUT2D eigenvalue weighted by Gasteiger charge is -2.63. The maximum atomic E-state index is 13.4. The van der Waals surface area contributed by atoms with E-state index in [9.17, 15) is 14.9 Å². The Labute approximate surface area is 374 Å². The Bertz CT molecular complexity index is 2310. The van der Waals surface area contributed by atoms with Crippen LogP contribution in [0, 0.1) is 22.2 Å². The van der Waals surface area contributed by atoms with Crippen LogP contribution in [0.25, 0.3) is 0 Å². The predicted molar refractivity (Wildman–Crippen MR) is 242 cm³/mol. The molecule has 1 saturated heterocycles. The first-order valence-corrected chi connectivity index (χ1v) is 22.4. The molecule has 15 nitrogen and oxygen atoms in total. The quantitative estimate of drug-likeness (QED) is 0.118. The van der Waals surface area contributed by atoms with Crippen molar-refractivity contribution in [2.75, 3.05) is 53.4 Å². The van der Waals surface area contributed by atoms with Crippen LogP contribution in [-0.4, -0.2) is 95.4 Å². The Morgan fingerprint density at radius 3 is 2.27 bits per heavy atom. The van der Waals surface area contributed by atoms with Crippen molar-refractivity contribution in [3.63, 3.8) is 0 Å². The van der Waals surface area contributed by atoms with E-state index < -0.39 is 0 Å². The van der Waals surface area contributed by atoms with Gasteiger partial charge in [0, 0.05) is 67.2 Å². The van der Waals surface area contributed by atoms with Gasteiger partial charge >= 0.3 is 0 Å². The van der Waals surface area contributed by atoms with Crippen molar-refractivity contribution in [2.45, 2.75) is 110 Å². The van der Waals surface area contributed by atoms with Crippen LogP contribution in [0.4, 0.5) is 29.1 Å². The summed E-state index contributed by atoms with van der Waals surface area (Å²) in [7, 11) is 1.81. The van der Waals surface area contributed by atoms with Gasteiger partial charge in [0.2, 0.25) is 17.8 Å². The van der Waals surface area contributed by atoms with Gasteiger partial charge < -0.3 is 39.5 Å². The second-order valence-electron chi connectivity index (χ2n) is 18.2. The van der Waals surface area contributed by atoms with E-state index in [2.05, 4.69) is 76.1 Å². The van der Waals surface area contributed by atoms with Crippen molar-refractivity contribution >= 4 is 52.5 Å². The van der Waals surface area contributed by atoms with Crippen molar-refractivity contribution in [2.24, 2.45) is 10.8 Å². The maximum absolute atomic E-state index is 13.4. The second-order valence-corrected chi connectivity index (χ2v) is 18.6. The fraction of sp³-hybridized carbons (Fsp3) is 0.511. The van der Waals surface area contributed by atoms with E-state index in [4.69, 9.17) is 30.8 Å². The Kier molecular flexibility index (Phi) is 12.7. The molecule has 63 heavy (non-hydrogen) atoms. The number of aromatic nitrogens is 4. The van der Waals surface area contributed by atoms with Gasteiger partial charge in [-0.1, -0.05) is 59.1 Å². The summed E-state index contributed by atoms with van der Waals surface area (Å²) in [6.07, 6.45) is 11.7. The van der Waals surface area contributed by atoms with E-state index in [1.165, 1.54) is 12.8 Å². The first kappa shape index (κ1) is 43.9. The highest BCUT2D eigenvalue weighted by molar-refractivity contribution is 6.31. The number of carbonyl (C=O) groups is 2. The molecular weight excluding hydrogens is 820 g/mol. The van der Waals surface area contributed by atoms with Gasteiger partial charge in [-0.2, -0.15) is 10.2 Å². The molecule has 0 bridgehead atoms. The minimum absolute atomic E-state index is 0.0979. The van der Waals surface area contributed by atoms with Crippen molar-refractivity contribution in [1.29, 1.82) is 5.26 Å². The number of fused-ring (bicyclic) bond motifs is 1. The first-order valence-electron chi connectivity index (χ1n) is 22.1. The van der Waals surface area contributed by atoms with E-state index in [1.807, 2.05) is 31.3 Å². The van der Waals surface area contributed by atoms with Crippen LogP contribution in [-0.2, 0) is 9.53 Å². The number of nitrogens with one attached hydrogen (secondary N) is 2. The zero-order valence-electron chi connectivity index (χ0n) is 36.9. The van der Waals surface area contributed by atoms with Crippen LogP contribution in [0.1, 0.15) is 95.5 Å². The second kappa shape index (κ2) is 18.2. The summed E-state index contributed by atoms with van der Waals surface area (Å²) < 4.78 is 18.5. The highest BCUT2D eigenvalue weighted by Crippen LogP contribution is 2.55. The average molecular weight is 877 g/mol. The molecular formula is C47H57ClN10O5. The van der Waals surface area contributed by atoms with Crippen LogP contribution >= 0.6 is 11.6 Å². The Morgan fingerprint density at radius 1 is 0.937 bits per heavy atom. The Balaban J connectivity index is 0.762. The van der Waals surface area contributed by atoms with Crippen LogP contribution in [0.15, 0.2) is 61.1 Å². The van der Waals surface area contributed by atoms with Gasteiger partial charge in [0.1, 0.15) is 42.0 Å². The standard InChI is InChI=1S/C47H57ClN10O5/c1-7-37-41(60)56(6)38-28-50-44(54-39(38)58(37)32-10-8-9-11-32)53-31-13-16-33(17-14-31)61-22-23-62-34-18-20-57(21-19-34)45-51-26-30(27-52-45)40(59)55-42-46(2,3)43(47(42,4)5)63-35-15-12-29(25-49)36(48)24-35/h12-17,24,26-28,32,34,37,42-43H,7-11,18-23H2,1-6H3,(H,55,59)(H,50,53,54)/t37-,42?,43?/m1/s1. The van der Waals surface area contributed by atoms with Crippen LogP contribution in [0.3, 0.4) is 0 Å². The lowest BCUT2D eigenvalue weighted by Crippen LogP contribution is -2.74. The zero-order valence-corrected chi connectivity index (χ0v) is 37.7. The van der Waals surface area contributed by atoms with Gasteiger partial charge in [-0.25, -0.2) is 15.0 Å². The van der Waals surface area contributed by atoms with Gasteiger partial charge in [-0.15, -0.1) is 0 Å². The molecule has 4 aliphatic rings. The number of nitriles is 1. The van der Waals surface area contributed by atoms with Gasteiger partial charge in [-0.3, -0.25) is 9.59 Å². The Morgan fingerprint density at radius 2 is 1.62 bits per heavy atom. The number of amides is 2. The molecule has 2 aliphatic carbocycles. The number of benzene rings is 2. The summed E-state index contributed by atoms with van der Waals surface area (Å²) >= 11 is 6.25. The average Bonchev–Trinajstić information content (AvgIpc) is 3.83. The monoisotopic (exact) mass is 876 g/mol. The van der Waals surface area contributed by atoms with Crippen LogP contribution in [0.5, 0.6) is 11.5 Å². The number of hydrogen-bond acceptors (Lipinski definition) is 13. The molecule has 2 aromatic carbocycles. The van der Waals surface area contributed by atoms with E-state index in [0.717, 1.165) is 68.1 Å². The first-order chi connectivity index (χ1) is 30.3. The number of ether oxygens (including phenoxy) is 3. The molecule has 2 aromatic heterocycles. The van der Waals surface area contributed by atoms with E-state index in [-0.39, 0.29) is 46.9 Å². The highest BCUT2D eigenvalue weighted by atomic mass is 35.5. The summed E-state index contributed by atoms with van der Waals surface area (Å²) in [6.45, 7) is 12.7. The third-order valence-corrected chi connectivity index (χ3v) is 13.6. The molecule has 332 valence electrons. The number of halogens is 1. The summed E-state index contributed by atoms with van der Waals surface area (Å²) in [6, 6.07) is 14.7. The number of likely N-dealkylation sites (N-methyl/N-ethyl adjacent to an activating group) is 1. The minimum atomic E-state index is -0.387. The largest absolute Gasteiger partial charge is 0.491 e. The van der Waals surface area contributed by atoms with Crippen molar-refractivity contribution in [1.82, 2.24) is 25.3 Å². The summed E-state index contributed by atoms with van der Waals surface area (Å²) in [5, 5.41) is 16.1. The van der Waals surface area contributed by atoms with E-state index in [1.54, 1.807) is 41.7 Å². The van der Waals surface area contributed by atoms with Gasteiger partial charge in [0.25, 0.3) is 5.91 Å². The molecule has 2 amide bonds. The summed E-state index contributed by atoms with van der Waals surface area (Å²) in [5.74, 6) is 3.07. The number of carbonyl (C=O) groups excluding carboxylic acids is 2. The molecule has 1 atom stereocenters. The van der Waals surface area contributed by atoms with Gasteiger partial charge in [0.05, 0.1) is 35.1 Å². The topological polar surface area (TPSA) is 171 Å². The SMILES string of the molecule is CC[C@@H]1C(=O)N(C)c2cnc(Nc3ccc(OCCOC4CCN(c5ncc(C(=O)NC6C(C)(C)C(Oc7ccc(C#N)c(Cl)c7)C6(C)C)cn5)CC4)cc3)nc2N1C1CCCC1. The smallest absolute Gasteiger partial charge is 0.254 e. The number of rotatable bonds is 14. The highest BCUT2D eigenvalue weighted by Gasteiger charge is 2.64. The number of nitrogens with zero attached hydrogens (tertiary/aromatic N) is 8. The van der Waals surface area contributed by atoms with Gasteiger partial charge in [0.15, 0.2) is 5.82 Å². The molecule has 2 N–H and O–H groups in total. The number of anilines is 5. The molecule has 4 aromatic rings. The molecule has 2 aliphatic heterocycles. The van der Waals surface area contributed by atoms with Crippen molar-refractivity contribution in [3.8, 4) is 17.6 Å². The van der Waals surface area contributed by atoms with E-state index in [0.29, 0.717) is 53.1 Å². The number of hydrogen-bond donors (Lipinski definition) is 2. The summed E-state index contributed by atoms with van der Waals surface area (Å²) in [4.78, 5) is 51.3. The van der Waals surface area contributed by atoms with Crippen LogP contribution < -0.4 is 34.8 Å². The van der Waals surface area contributed by atoms with Crippen LogP contribution in [0.2, 0.25) is 5.02 Å². The fourth-order valence-corrected chi connectivity index (χ4v) is 10.4. The molecule has 0 unspecified atom stereocenters. The Hall–Kier alpha value is -5.72. The fourth-order valence-electron chi connectivity index (χ4n) is 10.2. The summed E-state index contributed by atoms with van der Waals surface area (Å²) in [5.41, 5.74) is 1.59. The minimum Gasteiger partial charge on any atom is -0.491 e. The zero-order chi connectivity index (χ0) is 44.5. The predicted octanol–water partition coefficient (Wildman–Crippen LogP) is 7.72. The normalized spacial score (nSPS) is 21.9. The maximum Gasteiger partial charge on any atom is 0.254 e.